The molecule has 1 heterocycles. The van der Waals surface area contributed by atoms with E-state index in [0.29, 0.717) is 6.04 Å². The molecule has 0 spiro atoms. The third-order valence-corrected chi connectivity index (χ3v) is 4.50. The third-order valence-electron chi connectivity index (χ3n) is 3.62. The van der Waals surface area contributed by atoms with Crippen molar-refractivity contribution in [2.45, 2.75) is 19.5 Å². The van der Waals surface area contributed by atoms with Crippen LogP contribution in [0.5, 0.6) is 0 Å². The highest BCUT2D eigenvalue weighted by atomic mass is 32.1. The van der Waals surface area contributed by atoms with Crippen LogP contribution in [0, 0.1) is 0 Å². The van der Waals surface area contributed by atoms with Crippen LogP contribution in [0.4, 0.5) is 5.69 Å². The van der Waals surface area contributed by atoms with E-state index in [4.69, 9.17) is 0 Å². The zero-order valence-electron chi connectivity index (χ0n) is 13.4. The van der Waals surface area contributed by atoms with Gasteiger partial charge in [0.15, 0.2) is 5.96 Å². The Bertz CT molecular complexity index is 566. The summed E-state index contributed by atoms with van der Waals surface area (Å²) in [4.78, 5) is 7.84. The number of nitrogens with one attached hydrogen (secondary N) is 2. The van der Waals surface area contributed by atoms with Gasteiger partial charge < -0.3 is 15.5 Å². The Labute approximate surface area is 136 Å². The van der Waals surface area contributed by atoms with Gasteiger partial charge in [-0.25, -0.2) is 0 Å². The number of likely N-dealkylation sites (N-methyl/N-ethyl adjacent to an activating group) is 1. The molecule has 0 fully saturated rings. The zero-order valence-corrected chi connectivity index (χ0v) is 14.2. The van der Waals surface area contributed by atoms with Crippen molar-refractivity contribution in [3.8, 4) is 0 Å². The van der Waals surface area contributed by atoms with E-state index < -0.39 is 0 Å². The Hall–Kier alpha value is -2.01. The van der Waals surface area contributed by atoms with Gasteiger partial charge in [0, 0.05) is 37.2 Å². The average Bonchev–Trinajstić information content (AvgIpc) is 3.08. The molecule has 5 heteroatoms. The van der Waals surface area contributed by atoms with Crippen LogP contribution in [0.3, 0.4) is 0 Å². The Morgan fingerprint density at radius 3 is 2.59 bits per heavy atom. The Kier molecular flexibility index (Phi) is 6.27. The lowest BCUT2D eigenvalue weighted by molar-refractivity contribution is 0.649. The predicted octanol–water partition coefficient (Wildman–Crippen LogP) is 2.94. The number of hydrogen-bond acceptors (Lipinski definition) is 3. The summed E-state index contributed by atoms with van der Waals surface area (Å²) in [6.45, 7) is 3.84. The van der Waals surface area contributed by atoms with Crippen molar-refractivity contribution in [1.82, 2.24) is 10.6 Å². The first-order chi connectivity index (χ1) is 10.7. The van der Waals surface area contributed by atoms with Gasteiger partial charge in [0.1, 0.15) is 0 Å². The molecule has 0 saturated heterocycles. The van der Waals surface area contributed by atoms with Crippen LogP contribution in [-0.4, -0.2) is 32.6 Å². The summed E-state index contributed by atoms with van der Waals surface area (Å²) in [6.07, 6.45) is 0. The average molecular weight is 316 g/mol. The second-order valence-electron chi connectivity index (χ2n) is 5.18. The topological polar surface area (TPSA) is 39.7 Å². The molecule has 2 N–H and O–H groups in total. The number of rotatable bonds is 6. The fraction of sp³-hybridized carbons (Fsp3) is 0.353. The quantitative estimate of drug-likeness (QED) is 0.636. The Morgan fingerprint density at radius 2 is 1.95 bits per heavy atom. The second kappa shape index (κ2) is 8.44. The summed E-state index contributed by atoms with van der Waals surface area (Å²) in [6, 6.07) is 15.0. The van der Waals surface area contributed by atoms with E-state index in [9.17, 15) is 0 Å². The van der Waals surface area contributed by atoms with E-state index in [-0.39, 0.29) is 0 Å². The molecular formula is C17H24N4S. The van der Waals surface area contributed by atoms with Gasteiger partial charge in [-0.3, -0.25) is 4.99 Å². The minimum Gasteiger partial charge on any atom is -0.370 e. The predicted molar refractivity (Wildman–Crippen MR) is 96.8 cm³/mol. The lowest BCUT2D eigenvalue weighted by Crippen LogP contribution is -2.44. The van der Waals surface area contributed by atoms with Crippen LogP contribution in [0.25, 0.3) is 0 Å². The highest BCUT2D eigenvalue weighted by Crippen LogP contribution is 2.13. The molecule has 1 aromatic carbocycles. The molecule has 118 valence electrons. The van der Waals surface area contributed by atoms with Crippen molar-refractivity contribution in [3.63, 3.8) is 0 Å². The van der Waals surface area contributed by atoms with Gasteiger partial charge in [0.25, 0.3) is 0 Å². The number of aliphatic imine (C=N–C) groups is 1. The summed E-state index contributed by atoms with van der Waals surface area (Å²) in [5.74, 6) is 0.835. The summed E-state index contributed by atoms with van der Waals surface area (Å²) in [7, 11) is 3.92. The summed E-state index contributed by atoms with van der Waals surface area (Å²) in [5.41, 5.74) is 1.22. The molecule has 4 nitrogen and oxygen atoms in total. The first-order valence-corrected chi connectivity index (χ1v) is 8.33. The fourth-order valence-corrected chi connectivity index (χ4v) is 2.75. The number of nitrogens with zero attached hydrogens (tertiary/aromatic N) is 2. The standard InChI is InChI=1S/C17H24N4S/c1-14(21(3)15-8-5-4-6-9-15)12-19-17(18-2)20-13-16-10-7-11-22-16/h4-11,14H,12-13H2,1-3H3,(H2,18,19,20). The lowest BCUT2D eigenvalue weighted by atomic mass is 10.2. The summed E-state index contributed by atoms with van der Waals surface area (Å²) >= 11 is 1.75. The fourth-order valence-electron chi connectivity index (χ4n) is 2.10. The van der Waals surface area contributed by atoms with E-state index in [1.54, 1.807) is 18.4 Å². The van der Waals surface area contributed by atoms with E-state index in [1.807, 2.05) is 6.07 Å². The summed E-state index contributed by atoms with van der Waals surface area (Å²) in [5, 5.41) is 8.81. The second-order valence-corrected chi connectivity index (χ2v) is 6.21. The molecule has 22 heavy (non-hydrogen) atoms. The largest absolute Gasteiger partial charge is 0.370 e. The molecule has 0 saturated carbocycles. The maximum absolute atomic E-state index is 4.27. The molecule has 0 aliphatic carbocycles. The highest BCUT2D eigenvalue weighted by molar-refractivity contribution is 7.09. The van der Waals surface area contributed by atoms with Gasteiger partial charge in [0.2, 0.25) is 0 Å². The van der Waals surface area contributed by atoms with Gasteiger partial charge >= 0.3 is 0 Å². The van der Waals surface area contributed by atoms with Crippen LogP contribution in [0.1, 0.15) is 11.8 Å². The molecule has 2 rings (SSSR count). The molecule has 0 bridgehead atoms. The van der Waals surface area contributed by atoms with Crippen LogP contribution < -0.4 is 15.5 Å². The zero-order chi connectivity index (χ0) is 15.8. The maximum Gasteiger partial charge on any atom is 0.191 e. The Balaban J connectivity index is 1.80. The normalized spacial score (nSPS) is 12.8. The first kappa shape index (κ1) is 16.4. The van der Waals surface area contributed by atoms with Crippen molar-refractivity contribution >= 4 is 23.0 Å². The van der Waals surface area contributed by atoms with E-state index in [0.717, 1.165) is 19.0 Å². The SMILES string of the molecule is CN=C(NCc1cccs1)NCC(C)N(C)c1ccccc1. The number of benzene rings is 1. The first-order valence-electron chi connectivity index (χ1n) is 7.45. The molecule has 1 unspecified atom stereocenters. The van der Waals surface area contributed by atoms with Gasteiger partial charge in [-0.2, -0.15) is 0 Å². The van der Waals surface area contributed by atoms with Crippen LogP contribution in [-0.2, 0) is 6.54 Å². The molecule has 2 aromatic rings. The minimum atomic E-state index is 0.364. The smallest absolute Gasteiger partial charge is 0.191 e. The van der Waals surface area contributed by atoms with E-state index >= 15 is 0 Å². The monoisotopic (exact) mass is 316 g/mol. The molecule has 0 aliphatic heterocycles. The van der Waals surface area contributed by atoms with Crippen LogP contribution in [0.15, 0.2) is 52.8 Å². The van der Waals surface area contributed by atoms with Gasteiger partial charge in [-0.15, -0.1) is 11.3 Å². The van der Waals surface area contributed by atoms with Gasteiger partial charge in [-0.05, 0) is 30.5 Å². The van der Waals surface area contributed by atoms with Crippen molar-refractivity contribution in [3.05, 3.63) is 52.7 Å². The van der Waals surface area contributed by atoms with Gasteiger partial charge in [0.05, 0.1) is 6.54 Å². The van der Waals surface area contributed by atoms with E-state index in [1.165, 1.54) is 10.6 Å². The summed E-state index contributed by atoms with van der Waals surface area (Å²) < 4.78 is 0. The molecular weight excluding hydrogens is 292 g/mol. The molecule has 1 aromatic heterocycles. The highest BCUT2D eigenvalue weighted by Gasteiger charge is 2.10. The number of hydrogen-bond donors (Lipinski definition) is 2. The molecule has 0 amide bonds. The van der Waals surface area contributed by atoms with Gasteiger partial charge in [-0.1, -0.05) is 24.3 Å². The lowest BCUT2D eigenvalue weighted by Gasteiger charge is -2.27. The van der Waals surface area contributed by atoms with Crippen molar-refractivity contribution in [2.75, 3.05) is 25.5 Å². The third kappa shape index (κ3) is 4.77. The number of para-hydroxylation sites is 1. The number of thiophene rings is 1. The van der Waals surface area contributed by atoms with Crippen molar-refractivity contribution < 1.29 is 0 Å². The maximum atomic E-state index is 4.27. The number of guanidine groups is 1. The van der Waals surface area contributed by atoms with E-state index in [2.05, 4.69) is 76.3 Å². The molecule has 1 atom stereocenters. The van der Waals surface area contributed by atoms with Crippen LogP contribution in [0.2, 0.25) is 0 Å². The Morgan fingerprint density at radius 1 is 1.18 bits per heavy atom. The number of anilines is 1. The van der Waals surface area contributed by atoms with Crippen LogP contribution >= 0.6 is 11.3 Å². The molecule has 0 radical (unpaired) electrons. The van der Waals surface area contributed by atoms with Crippen molar-refractivity contribution in [1.29, 1.82) is 0 Å². The van der Waals surface area contributed by atoms with Crippen molar-refractivity contribution in [2.24, 2.45) is 4.99 Å². The minimum absolute atomic E-state index is 0.364. The molecule has 0 aliphatic rings.